The lowest BCUT2D eigenvalue weighted by atomic mass is 10.1. The molecule has 1 heterocycles. The van der Waals surface area contributed by atoms with Gasteiger partial charge in [0.25, 0.3) is 11.7 Å². The van der Waals surface area contributed by atoms with Gasteiger partial charge in [-0.25, -0.2) is 9.78 Å². The number of thiazole rings is 1. The van der Waals surface area contributed by atoms with Crippen LogP contribution in [0.4, 0.5) is 14.5 Å². The molecule has 1 aromatic heterocycles. The van der Waals surface area contributed by atoms with E-state index in [9.17, 15) is 18.4 Å². The number of halogens is 2. The standard InChI is InChI=1S/C20H16F2N2O3S2/c1-12-23-17(11-28-12)14-3-2-4-15(9-14)24-18(25)10-27-19(26)13-5-7-16(8-6-13)29-20(21)22/h2-9,11,20H,10H2,1H3,(H,24,25). The van der Waals surface area contributed by atoms with Crippen LogP contribution in [0.1, 0.15) is 15.4 Å². The number of rotatable bonds is 7. The van der Waals surface area contributed by atoms with Gasteiger partial charge in [0.2, 0.25) is 0 Å². The number of aryl methyl sites for hydroxylation is 1. The molecule has 150 valence electrons. The Hall–Kier alpha value is -2.78. The van der Waals surface area contributed by atoms with Crippen molar-refractivity contribution in [1.82, 2.24) is 4.98 Å². The third-order valence-corrected chi connectivity index (χ3v) is 5.21. The van der Waals surface area contributed by atoms with E-state index in [0.717, 1.165) is 16.3 Å². The van der Waals surface area contributed by atoms with Crippen molar-refractivity contribution >= 4 is 40.7 Å². The number of benzene rings is 2. The number of carbonyl (C=O) groups is 2. The highest BCUT2D eigenvalue weighted by Crippen LogP contribution is 2.26. The van der Waals surface area contributed by atoms with Gasteiger partial charge in [-0.15, -0.1) is 11.3 Å². The highest BCUT2D eigenvalue weighted by atomic mass is 32.2. The smallest absolute Gasteiger partial charge is 0.338 e. The Kier molecular flexibility index (Phi) is 6.95. The molecular formula is C20H16F2N2O3S2. The van der Waals surface area contributed by atoms with E-state index in [1.807, 2.05) is 18.4 Å². The lowest BCUT2D eigenvalue weighted by Gasteiger charge is -2.08. The summed E-state index contributed by atoms with van der Waals surface area (Å²) in [7, 11) is 0. The van der Waals surface area contributed by atoms with Crippen molar-refractivity contribution in [3.8, 4) is 11.3 Å². The van der Waals surface area contributed by atoms with Gasteiger partial charge in [0.15, 0.2) is 6.61 Å². The first-order valence-electron chi connectivity index (χ1n) is 8.45. The maximum absolute atomic E-state index is 12.3. The fourth-order valence-corrected chi connectivity index (χ4v) is 3.56. The van der Waals surface area contributed by atoms with Gasteiger partial charge >= 0.3 is 5.97 Å². The van der Waals surface area contributed by atoms with E-state index in [4.69, 9.17) is 4.74 Å². The molecule has 0 aliphatic carbocycles. The van der Waals surface area contributed by atoms with Crippen molar-refractivity contribution in [2.45, 2.75) is 17.6 Å². The lowest BCUT2D eigenvalue weighted by Crippen LogP contribution is -2.20. The van der Waals surface area contributed by atoms with E-state index >= 15 is 0 Å². The molecule has 0 unspecified atom stereocenters. The maximum Gasteiger partial charge on any atom is 0.338 e. The first-order valence-corrected chi connectivity index (χ1v) is 10.2. The number of ether oxygens (including phenoxy) is 1. The number of nitrogens with one attached hydrogen (secondary N) is 1. The van der Waals surface area contributed by atoms with E-state index in [0.29, 0.717) is 22.3 Å². The molecule has 0 saturated carbocycles. The zero-order valence-corrected chi connectivity index (χ0v) is 16.9. The summed E-state index contributed by atoms with van der Waals surface area (Å²) in [6, 6.07) is 12.8. The second kappa shape index (κ2) is 9.62. The Labute approximate surface area is 174 Å². The molecule has 0 fully saturated rings. The van der Waals surface area contributed by atoms with E-state index in [2.05, 4.69) is 10.3 Å². The van der Waals surface area contributed by atoms with E-state index in [1.165, 1.54) is 35.6 Å². The molecule has 0 atom stereocenters. The second-order valence-electron chi connectivity index (χ2n) is 5.86. The summed E-state index contributed by atoms with van der Waals surface area (Å²) in [4.78, 5) is 28.8. The van der Waals surface area contributed by atoms with Crippen LogP contribution >= 0.6 is 23.1 Å². The molecule has 3 rings (SSSR count). The summed E-state index contributed by atoms with van der Waals surface area (Å²) in [5, 5.41) is 5.55. The topological polar surface area (TPSA) is 68.3 Å². The van der Waals surface area contributed by atoms with Crippen molar-refractivity contribution < 1.29 is 23.1 Å². The molecule has 0 saturated heterocycles. The molecule has 1 N–H and O–H groups in total. The Bertz CT molecular complexity index is 1010. The molecule has 9 heteroatoms. The first-order chi connectivity index (χ1) is 13.9. The number of alkyl halides is 2. The maximum atomic E-state index is 12.3. The Balaban J connectivity index is 1.54. The molecule has 3 aromatic rings. The predicted octanol–water partition coefficient (Wildman–Crippen LogP) is 5.23. The van der Waals surface area contributed by atoms with Crippen LogP contribution in [0.2, 0.25) is 0 Å². The minimum absolute atomic E-state index is 0.178. The van der Waals surface area contributed by atoms with Crippen molar-refractivity contribution in [3.63, 3.8) is 0 Å². The number of thioether (sulfide) groups is 1. The molecule has 29 heavy (non-hydrogen) atoms. The quantitative estimate of drug-likeness (QED) is 0.407. The number of carbonyl (C=O) groups excluding carboxylic acids is 2. The fourth-order valence-electron chi connectivity index (χ4n) is 2.44. The molecule has 0 bridgehead atoms. The molecule has 2 aromatic carbocycles. The van der Waals surface area contributed by atoms with Gasteiger partial charge in [0.1, 0.15) is 0 Å². The minimum atomic E-state index is -2.53. The van der Waals surface area contributed by atoms with Crippen molar-refractivity contribution in [3.05, 3.63) is 64.5 Å². The first kappa shape index (κ1) is 20.9. The SMILES string of the molecule is Cc1nc(-c2cccc(NC(=O)COC(=O)c3ccc(SC(F)F)cc3)c2)cs1. The van der Waals surface area contributed by atoms with E-state index < -0.39 is 24.2 Å². The van der Waals surface area contributed by atoms with Gasteiger partial charge in [-0.3, -0.25) is 4.79 Å². The number of hydrogen-bond donors (Lipinski definition) is 1. The largest absolute Gasteiger partial charge is 0.452 e. The van der Waals surface area contributed by atoms with Gasteiger partial charge in [0.05, 0.1) is 16.3 Å². The van der Waals surface area contributed by atoms with E-state index in [-0.39, 0.29) is 5.56 Å². The number of nitrogens with zero attached hydrogens (tertiary/aromatic N) is 1. The van der Waals surface area contributed by atoms with Gasteiger partial charge in [-0.05, 0) is 43.3 Å². The van der Waals surface area contributed by atoms with Gasteiger partial charge in [-0.2, -0.15) is 8.78 Å². The van der Waals surface area contributed by atoms with Gasteiger partial charge in [0, 0.05) is 21.5 Å². The predicted molar refractivity (Wildman–Crippen MR) is 110 cm³/mol. The number of hydrogen-bond acceptors (Lipinski definition) is 6. The third-order valence-electron chi connectivity index (χ3n) is 3.71. The van der Waals surface area contributed by atoms with Crippen LogP contribution in [-0.4, -0.2) is 29.2 Å². The zero-order valence-electron chi connectivity index (χ0n) is 15.2. The molecule has 5 nitrogen and oxygen atoms in total. The van der Waals surface area contributed by atoms with Gasteiger partial charge in [-0.1, -0.05) is 23.9 Å². The number of amides is 1. The summed E-state index contributed by atoms with van der Waals surface area (Å²) < 4.78 is 29.6. The fraction of sp³-hybridized carbons (Fsp3) is 0.150. The number of esters is 1. The summed E-state index contributed by atoms with van der Waals surface area (Å²) in [5.74, 6) is -3.73. The number of anilines is 1. The van der Waals surface area contributed by atoms with Crippen molar-refractivity contribution in [1.29, 1.82) is 0 Å². The molecule has 1 amide bonds. The Morgan fingerprint density at radius 3 is 2.62 bits per heavy atom. The molecule has 0 radical (unpaired) electrons. The second-order valence-corrected chi connectivity index (χ2v) is 7.99. The molecular weight excluding hydrogens is 418 g/mol. The average molecular weight is 434 g/mol. The highest BCUT2D eigenvalue weighted by molar-refractivity contribution is 7.99. The third kappa shape index (κ3) is 6.10. The molecule has 0 aliphatic rings. The van der Waals surface area contributed by atoms with Crippen LogP contribution in [0.25, 0.3) is 11.3 Å². The summed E-state index contributed by atoms with van der Waals surface area (Å²) in [6.07, 6.45) is 0. The zero-order chi connectivity index (χ0) is 20.8. The summed E-state index contributed by atoms with van der Waals surface area (Å²) in [5.41, 5.74) is 2.43. The monoisotopic (exact) mass is 434 g/mol. The highest BCUT2D eigenvalue weighted by Gasteiger charge is 2.12. The number of aromatic nitrogens is 1. The van der Waals surface area contributed by atoms with E-state index in [1.54, 1.807) is 18.2 Å². The summed E-state index contributed by atoms with van der Waals surface area (Å²) in [6.45, 7) is 1.45. The summed E-state index contributed by atoms with van der Waals surface area (Å²) >= 11 is 1.92. The Morgan fingerprint density at radius 2 is 1.97 bits per heavy atom. The van der Waals surface area contributed by atoms with Crippen LogP contribution in [-0.2, 0) is 9.53 Å². The van der Waals surface area contributed by atoms with Crippen LogP contribution in [0.5, 0.6) is 0 Å². The van der Waals surface area contributed by atoms with Crippen LogP contribution < -0.4 is 5.32 Å². The van der Waals surface area contributed by atoms with Crippen LogP contribution in [0.15, 0.2) is 58.8 Å². The molecule has 0 spiro atoms. The van der Waals surface area contributed by atoms with Crippen LogP contribution in [0.3, 0.4) is 0 Å². The molecule has 0 aliphatic heterocycles. The lowest BCUT2D eigenvalue weighted by molar-refractivity contribution is -0.119. The van der Waals surface area contributed by atoms with Crippen LogP contribution in [0, 0.1) is 6.92 Å². The van der Waals surface area contributed by atoms with Crippen molar-refractivity contribution in [2.75, 3.05) is 11.9 Å². The normalized spacial score (nSPS) is 10.8. The van der Waals surface area contributed by atoms with Gasteiger partial charge < -0.3 is 10.1 Å². The van der Waals surface area contributed by atoms with Crippen molar-refractivity contribution in [2.24, 2.45) is 0 Å². The Morgan fingerprint density at radius 1 is 1.21 bits per heavy atom. The average Bonchev–Trinajstić information content (AvgIpc) is 3.13. The minimum Gasteiger partial charge on any atom is -0.452 e.